The number of carboxylic acid groups (broad SMARTS) is 1. The molecule has 0 saturated carbocycles. The molecule has 2 fully saturated rings. The molecule has 4 atom stereocenters. The van der Waals surface area contributed by atoms with E-state index in [0.29, 0.717) is 29.2 Å². The number of carbonyl (C=O) groups excluding carboxylic acids is 3. The maximum atomic E-state index is 13.3. The van der Waals surface area contributed by atoms with E-state index in [9.17, 15) is 19.2 Å². The number of hydrogen-bond donors (Lipinski definition) is 3. The van der Waals surface area contributed by atoms with Crippen molar-refractivity contribution in [3.63, 3.8) is 0 Å². The molecular weight excluding hydrogens is 398 g/mol. The molecule has 3 N–H and O–H groups in total. The zero-order valence-corrected chi connectivity index (χ0v) is 16.7. The third-order valence-electron chi connectivity index (χ3n) is 6.17. The van der Waals surface area contributed by atoms with Gasteiger partial charge < -0.3 is 10.4 Å². The number of benzene rings is 1. The molecule has 4 rings (SSSR count). The Kier molecular flexibility index (Phi) is 4.86. The van der Waals surface area contributed by atoms with Crippen LogP contribution in [0.25, 0.3) is 0 Å². The first-order valence-electron chi connectivity index (χ1n) is 9.77. The maximum Gasteiger partial charge on any atom is 0.303 e. The van der Waals surface area contributed by atoms with Crippen molar-refractivity contribution in [3.05, 3.63) is 28.8 Å². The Morgan fingerprint density at radius 2 is 2.03 bits per heavy atom. The minimum Gasteiger partial charge on any atom is -0.481 e. The van der Waals surface area contributed by atoms with E-state index in [2.05, 4.69) is 10.6 Å². The van der Waals surface area contributed by atoms with E-state index in [1.165, 1.54) is 4.90 Å². The maximum absolute atomic E-state index is 13.3. The number of nitrogens with zero attached hydrogens (tertiary/aromatic N) is 1. The topological polar surface area (TPSA) is 116 Å². The van der Waals surface area contributed by atoms with E-state index < -0.39 is 35.3 Å². The molecule has 154 valence electrons. The molecule has 1 aromatic carbocycles. The normalized spacial score (nSPS) is 30.1. The van der Waals surface area contributed by atoms with Gasteiger partial charge in [-0.15, -0.1) is 0 Å². The predicted molar refractivity (Wildman–Crippen MR) is 104 cm³/mol. The number of anilines is 1. The fraction of sp³-hybridized carbons (Fsp3) is 0.500. The van der Waals surface area contributed by atoms with Gasteiger partial charge in [-0.25, -0.2) is 0 Å². The van der Waals surface area contributed by atoms with Crippen molar-refractivity contribution in [2.45, 2.75) is 44.2 Å². The predicted octanol–water partition coefficient (Wildman–Crippen LogP) is 1.73. The van der Waals surface area contributed by atoms with E-state index >= 15 is 0 Å². The van der Waals surface area contributed by atoms with Crippen molar-refractivity contribution in [2.24, 2.45) is 11.8 Å². The second-order valence-corrected chi connectivity index (χ2v) is 8.26. The molecule has 3 aliphatic rings. The summed E-state index contributed by atoms with van der Waals surface area (Å²) < 4.78 is 0. The molecule has 9 heteroatoms. The highest BCUT2D eigenvalue weighted by atomic mass is 35.5. The second kappa shape index (κ2) is 7.11. The molecule has 4 unspecified atom stereocenters. The van der Waals surface area contributed by atoms with Gasteiger partial charge in [0.1, 0.15) is 5.54 Å². The van der Waals surface area contributed by atoms with E-state index in [4.69, 9.17) is 16.7 Å². The fourth-order valence-corrected chi connectivity index (χ4v) is 5.07. The molecule has 1 aromatic rings. The molecule has 8 nitrogen and oxygen atoms in total. The summed E-state index contributed by atoms with van der Waals surface area (Å²) in [5.41, 5.74) is -0.361. The molecule has 0 bridgehead atoms. The minimum atomic E-state index is -1.43. The van der Waals surface area contributed by atoms with Crippen LogP contribution < -0.4 is 10.6 Å². The van der Waals surface area contributed by atoms with Gasteiger partial charge in [0.05, 0.1) is 11.8 Å². The van der Waals surface area contributed by atoms with E-state index in [0.717, 1.165) is 6.42 Å². The Hall–Kier alpha value is -2.45. The van der Waals surface area contributed by atoms with Gasteiger partial charge in [0, 0.05) is 35.3 Å². The third-order valence-corrected chi connectivity index (χ3v) is 6.41. The lowest BCUT2D eigenvalue weighted by molar-refractivity contribution is -0.143. The highest BCUT2D eigenvalue weighted by Crippen LogP contribution is 2.53. The number of imide groups is 1. The number of likely N-dealkylation sites (tertiary alicyclic amines) is 1. The highest BCUT2D eigenvalue weighted by molar-refractivity contribution is 6.31. The first-order valence-corrected chi connectivity index (χ1v) is 10.1. The van der Waals surface area contributed by atoms with Crippen LogP contribution in [0.3, 0.4) is 0 Å². The molecule has 3 heterocycles. The van der Waals surface area contributed by atoms with Gasteiger partial charge in [0.25, 0.3) is 0 Å². The number of halogens is 1. The Labute approximate surface area is 172 Å². The zero-order chi connectivity index (χ0) is 20.9. The number of carboxylic acids is 1. The zero-order valence-electron chi connectivity index (χ0n) is 15.9. The van der Waals surface area contributed by atoms with Gasteiger partial charge in [-0.1, -0.05) is 24.9 Å². The quantitative estimate of drug-likeness (QED) is 0.605. The van der Waals surface area contributed by atoms with Crippen molar-refractivity contribution in [1.29, 1.82) is 0 Å². The molecule has 3 amide bonds. The van der Waals surface area contributed by atoms with Crippen molar-refractivity contribution in [1.82, 2.24) is 10.2 Å². The summed E-state index contributed by atoms with van der Waals surface area (Å²) in [6.07, 6.45) is 1.46. The van der Waals surface area contributed by atoms with Crippen LogP contribution >= 0.6 is 11.6 Å². The number of unbranched alkanes of at least 4 members (excludes halogenated alkanes) is 1. The van der Waals surface area contributed by atoms with E-state index in [1.807, 2.05) is 6.92 Å². The van der Waals surface area contributed by atoms with Gasteiger partial charge in [-0.3, -0.25) is 29.4 Å². The van der Waals surface area contributed by atoms with Crippen molar-refractivity contribution in [2.75, 3.05) is 11.9 Å². The van der Waals surface area contributed by atoms with Crippen LogP contribution in [0.1, 0.15) is 38.2 Å². The molecule has 29 heavy (non-hydrogen) atoms. The molecule has 0 aliphatic carbocycles. The van der Waals surface area contributed by atoms with Gasteiger partial charge in [-0.2, -0.15) is 0 Å². The number of nitrogens with one attached hydrogen (secondary N) is 2. The minimum absolute atomic E-state index is 0.141. The van der Waals surface area contributed by atoms with Gasteiger partial charge in [0.15, 0.2) is 0 Å². The van der Waals surface area contributed by atoms with Crippen LogP contribution in [0.2, 0.25) is 5.02 Å². The molecule has 0 aromatic heterocycles. The van der Waals surface area contributed by atoms with Gasteiger partial charge in [-0.05, 0) is 31.0 Å². The average Bonchev–Trinajstić information content (AvgIpc) is 3.24. The Bertz CT molecular complexity index is 919. The van der Waals surface area contributed by atoms with Crippen molar-refractivity contribution < 1.29 is 24.3 Å². The summed E-state index contributed by atoms with van der Waals surface area (Å²) in [5.74, 6) is -3.85. The number of rotatable bonds is 6. The monoisotopic (exact) mass is 419 g/mol. The Morgan fingerprint density at radius 1 is 1.28 bits per heavy atom. The largest absolute Gasteiger partial charge is 0.481 e. The molecular formula is C20H22ClN3O5. The summed E-state index contributed by atoms with van der Waals surface area (Å²) >= 11 is 6.17. The standard InChI is InChI=1S/C20H22ClN3O5/c1-2-3-8-24-17(27)15-13(6-7-14(25)26)23-20(16(15)18(24)28)11-9-10(21)4-5-12(11)22-19(20)29/h4-5,9,13,15-16,23H,2-3,6-8H2,1H3,(H,22,29)(H,25,26). The van der Waals surface area contributed by atoms with E-state index in [1.54, 1.807) is 18.2 Å². The van der Waals surface area contributed by atoms with Crippen LogP contribution in [0.5, 0.6) is 0 Å². The lowest BCUT2D eigenvalue weighted by Gasteiger charge is -2.29. The van der Waals surface area contributed by atoms with Crippen molar-refractivity contribution >= 4 is 41.0 Å². The first-order chi connectivity index (χ1) is 13.8. The number of carbonyl (C=O) groups is 4. The lowest BCUT2D eigenvalue weighted by atomic mass is 9.76. The molecule has 3 aliphatic heterocycles. The number of aliphatic carboxylic acids is 1. The fourth-order valence-electron chi connectivity index (χ4n) is 4.90. The SMILES string of the molecule is CCCCN1C(=O)C2C(CCC(=O)O)NC3(C(=O)Nc4ccc(Cl)cc43)C2C1=O. The van der Waals surface area contributed by atoms with Crippen LogP contribution in [-0.4, -0.2) is 46.3 Å². The molecule has 0 radical (unpaired) electrons. The first kappa shape index (κ1) is 19.8. The smallest absolute Gasteiger partial charge is 0.303 e. The van der Waals surface area contributed by atoms with Crippen LogP contribution in [-0.2, 0) is 24.7 Å². The summed E-state index contributed by atoms with van der Waals surface area (Å²) in [6, 6.07) is 4.34. The lowest BCUT2D eigenvalue weighted by Crippen LogP contribution is -2.53. The number of amides is 3. The van der Waals surface area contributed by atoms with Crippen LogP contribution in [0, 0.1) is 11.8 Å². The Balaban J connectivity index is 1.81. The van der Waals surface area contributed by atoms with Crippen LogP contribution in [0.15, 0.2) is 18.2 Å². The third kappa shape index (κ3) is 2.85. The molecule has 1 spiro atoms. The average molecular weight is 420 g/mol. The van der Waals surface area contributed by atoms with Crippen molar-refractivity contribution in [3.8, 4) is 0 Å². The van der Waals surface area contributed by atoms with E-state index in [-0.39, 0.29) is 24.7 Å². The summed E-state index contributed by atoms with van der Waals surface area (Å²) in [7, 11) is 0. The second-order valence-electron chi connectivity index (χ2n) is 7.82. The summed E-state index contributed by atoms with van der Waals surface area (Å²) in [6.45, 7) is 2.26. The number of fused-ring (bicyclic) bond motifs is 4. The highest BCUT2D eigenvalue weighted by Gasteiger charge is 2.70. The van der Waals surface area contributed by atoms with Gasteiger partial charge >= 0.3 is 5.97 Å². The Morgan fingerprint density at radius 3 is 2.72 bits per heavy atom. The van der Waals surface area contributed by atoms with Gasteiger partial charge in [0.2, 0.25) is 17.7 Å². The summed E-state index contributed by atoms with van der Waals surface area (Å²) in [5, 5.41) is 15.5. The summed E-state index contributed by atoms with van der Waals surface area (Å²) in [4.78, 5) is 52.0. The number of hydrogen-bond acceptors (Lipinski definition) is 5. The van der Waals surface area contributed by atoms with Crippen LogP contribution in [0.4, 0.5) is 5.69 Å². The molecule has 2 saturated heterocycles.